The Kier molecular flexibility index (Phi) is 5.50. The molecule has 2 amide bonds. The molecule has 14 nitrogen and oxygen atoms in total. The standard InChI is InChI=1S/C10H18N10O4/c1-5-7(24-14)10(4-22-13,17-19-12)23-8(5)20-3-2-6(16-18-11)15-9(20)21/h2-3,5-8H,4,13-14H2,1H3,(H2,11,16)(H,15,21). The van der Waals surface area contributed by atoms with E-state index in [1.165, 1.54) is 11.1 Å². The summed E-state index contributed by atoms with van der Waals surface area (Å²) in [6.07, 6.45) is 0.623. The monoisotopic (exact) mass is 342 g/mol. The molecule has 5 unspecified atom stereocenters. The van der Waals surface area contributed by atoms with Crippen molar-refractivity contribution >= 4 is 6.03 Å². The van der Waals surface area contributed by atoms with Gasteiger partial charge in [-0.2, -0.15) is 5.53 Å². The van der Waals surface area contributed by atoms with Crippen molar-refractivity contribution in [1.82, 2.24) is 15.6 Å². The predicted molar refractivity (Wildman–Crippen MR) is 76.7 cm³/mol. The number of amides is 2. The molecule has 14 heteroatoms. The Labute approximate surface area is 136 Å². The third-order valence-electron chi connectivity index (χ3n) is 3.78. The van der Waals surface area contributed by atoms with Crippen molar-refractivity contribution in [1.29, 1.82) is 5.53 Å². The van der Waals surface area contributed by atoms with Crippen molar-refractivity contribution in [3.05, 3.63) is 22.7 Å². The van der Waals surface area contributed by atoms with Crippen molar-refractivity contribution in [3.63, 3.8) is 0 Å². The highest BCUT2D eigenvalue weighted by atomic mass is 16.7. The zero-order valence-corrected chi connectivity index (χ0v) is 12.7. The van der Waals surface area contributed by atoms with E-state index in [1.54, 1.807) is 13.0 Å². The molecule has 0 spiro atoms. The molecule has 0 bridgehead atoms. The molecule has 2 aliphatic rings. The Hall–Kier alpha value is -2.48. The second-order valence-corrected chi connectivity index (χ2v) is 5.19. The molecular weight excluding hydrogens is 324 g/mol. The molecule has 0 aromatic carbocycles. The fourth-order valence-electron chi connectivity index (χ4n) is 2.75. The summed E-state index contributed by atoms with van der Waals surface area (Å²) in [5.41, 5.74) is 16.3. The largest absolute Gasteiger partial charge is 0.340 e. The number of rotatable bonds is 7. The van der Waals surface area contributed by atoms with Crippen molar-refractivity contribution in [2.24, 2.45) is 28.0 Å². The lowest BCUT2D eigenvalue weighted by molar-refractivity contribution is -0.152. The molecule has 0 radical (unpaired) electrons. The number of urea groups is 1. The van der Waals surface area contributed by atoms with Crippen molar-refractivity contribution in [2.45, 2.75) is 31.1 Å². The van der Waals surface area contributed by atoms with Gasteiger partial charge < -0.3 is 14.9 Å². The quantitative estimate of drug-likeness (QED) is 0.177. The van der Waals surface area contributed by atoms with E-state index in [2.05, 4.69) is 30.8 Å². The van der Waals surface area contributed by atoms with Gasteiger partial charge in [0.1, 0.15) is 25.1 Å². The highest BCUT2D eigenvalue weighted by molar-refractivity contribution is 5.77. The normalized spacial score (nSPS) is 35.3. The summed E-state index contributed by atoms with van der Waals surface area (Å²) in [4.78, 5) is 25.7. The van der Waals surface area contributed by atoms with Crippen LogP contribution in [0.25, 0.3) is 10.4 Å². The molecule has 2 heterocycles. The maximum Gasteiger partial charge on any atom is 0.325 e. The fraction of sp³-hybridized carbons (Fsp3) is 0.700. The van der Waals surface area contributed by atoms with Crippen LogP contribution in [0.5, 0.6) is 0 Å². The van der Waals surface area contributed by atoms with Gasteiger partial charge in [0, 0.05) is 17.0 Å². The summed E-state index contributed by atoms with van der Waals surface area (Å²) in [5, 5.41) is 9.12. The van der Waals surface area contributed by atoms with E-state index in [4.69, 9.17) is 32.4 Å². The lowest BCUT2D eigenvalue weighted by Crippen LogP contribution is -2.54. The molecule has 1 fully saturated rings. The van der Waals surface area contributed by atoms with E-state index < -0.39 is 36.2 Å². The summed E-state index contributed by atoms with van der Waals surface area (Å²) in [6.45, 7) is 1.39. The first-order valence-electron chi connectivity index (χ1n) is 6.83. The van der Waals surface area contributed by atoms with Gasteiger partial charge in [-0.1, -0.05) is 17.3 Å². The Morgan fingerprint density at radius 2 is 2.42 bits per heavy atom. The first-order chi connectivity index (χ1) is 11.5. The van der Waals surface area contributed by atoms with Gasteiger partial charge in [-0.05, 0) is 11.6 Å². The fourth-order valence-corrected chi connectivity index (χ4v) is 2.75. The summed E-state index contributed by atoms with van der Waals surface area (Å²) in [6, 6.07) is -0.517. The number of carbonyl (C=O) groups is 1. The lowest BCUT2D eigenvalue weighted by Gasteiger charge is -2.33. The summed E-state index contributed by atoms with van der Waals surface area (Å²) in [5.74, 6) is 9.92. The van der Waals surface area contributed by atoms with Crippen LogP contribution in [0.15, 0.2) is 22.6 Å². The van der Waals surface area contributed by atoms with Crippen LogP contribution in [-0.4, -0.2) is 41.8 Å². The topological polar surface area (TPSA) is 209 Å². The van der Waals surface area contributed by atoms with Crippen molar-refractivity contribution in [2.75, 3.05) is 6.61 Å². The van der Waals surface area contributed by atoms with E-state index >= 15 is 0 Å². The lowest BCUT2D eigenvalue weighted by atomic mass is 9.98. The minimum absolute atomic E-state index is 0.319. The van der Waals surface area contributed by atoms with Gasteiger partial charge in [0.25, 0.3) is 0 Å². The van der Waals surface area contributed by atoms with Crippen molar-refractivity contribution in [3.8, 4) is 0 Å². The Bertz CT molecular complexity index is 566. The number of hydrogen-bond donors (Lipinski definition) is 5. The number of hydrogen-bond acceptors (Lipinski definition) is 9. The van der Waals surface area contributed by atoms with Gasteiger partial charge in [0.15, 0.2) is 0 Å². The number of nitrogens with two attached hydrogens (primary N) is 2. The maximum atomic E-state index is 12.2. The molecule has 0 aliphatic carbocycles. The highest BCUT2D eigenvalue weighted by Crippen LogP contribution is 2.40. The van der Waals surface area contributed by atoms with E-state index in [0.29, 0.717) is 0 Å². The van der Waals surface area contributed by atoms with Crippen molar-refractivity contribution < 1.29 is 19.2 Å². The van der Waals surface area contributed by atoms with E-state index in [-0.39, 0.29) is 6.61 Å². The third kappa shape index (κ3) is 3.09. The van der Waals surface area contributed by atoms with E-state index in [1.807, 2.05) is 0 Å². The first-order valence-corrected chi connectivity index (χ1v) is 6.83. The average molecular weight is 342 g/mol. The van der Waals surface area contributed by atoms with E-state index in [0.717, 1.165) is 0 Å². The first kappa shape index (κ1) is 17.9. The minimum atomic E-state index is -1.62. The van der Waals surface area contributed by atoms with Crippen LogP contribution in [0.2, 0.25) is 0 Å². The number of nitrogens with one attached hydrogen (secondary N) is 3. The highest BCUT2D eigenvalue weighted by Gasteiger charge is 2.57. The second kappa shape index (κ2) is 7.39. The van der Waals surface area contributed by atoms with Gasteiger partial charge in [-0.25, -0.2) is 16.6 Å². The van der Waals surface area contributed by atoms with Gasteiger partial charge in [-0.3, -0.25) is 15.2 Å². The number of ether oxygens (including phenoxy) is 1. The minimum Gasteiger partial charge on any atom is -0.340 e. The second-order valence-electron chi connectivity index (χ2n) is 5.19. The molecule has 0 aromatic heterocycles. The smallest absolute Gasteiger partial charge is 0.325 e. The van der Waals surface area contributed by atoms with Gasteiger partial charge in [0.2, 0.25) is 5.72 Å². The summed E-state index contributed by atoms with van der Waals surface area (Å²) < 4.78 is 5.75. The predicted octanol–water partition coefficient (Wildman–Crippen LogP) is -0.465. The molecule has 132 valence electrons. The molecule has 5 atom stereocenters. The molecule has 1 saturated heterocycles. The SMILES string of the molecule is CC1C(N2C=CC(NN=N)NC2=O)OC(CON)(N=[N+]=[N-])C1ON. The Balaban J connectivity index is 2.28. The van der Waals surface area contributed by atoms with E-state index in [9.17, 15) is 4.79 Å². The van der Waals surface area contributed by atoms with Gasteiger partial charge in [0.05, 0.1) is 0 Å². The van der Waals surface area contributed by atoms with Crippen LogP contribution in [0, 0.1) is 11.4 Å². The van der Waals surface area contributed by atoms with Gasteiger partial charge >= 0.3 is 6.03 Å². The molecule has 7 N–H and O–H groups in total. The molecule has 0 aromatic rings. The summed E-state index contributed by atoms with van der Waals surface area (Å²) in [7, 11) is 0. The number of azide groups is 1. The maximum absolute atomic E-state index is 12.2. The van der Waals surface area contributed by atoms with Crippen LogP contribution in [-0.2, 0) is 14.4 Å². The van der Waals surface area contributed by atoms with Crippen LogP contribution in [0.1, 0.15) is 6.92 Å². The molecular formula is C10H18N10O4. The molecule has 2 aliphatic heterocycles. The van der Waals surface area contributed by atoms with Crippen LogP contribution >= 0.6 is 0 Å². The molecule has 0 saturated carbocycles. The van der Waals surface area contributed by atoms with Gasteiger partial charge in [-0.15, -0.1) is 0 Å². The van der Waals surface area contributed by atoms with Crippen LogP contribution in [0.4, 0.5) is 4.79 Å². The van der Waals surface area contributed by atoms with Crippen LogP contribution < -0.4 is 22.5 Å². The molecule has 2 rings (SSSR count). The number of carbonyl (C=O) groups excluding carboxylic acids is 1. The average Bonchev–Trinajstić information content (AvgIpc) is 2.80. The van der Waals surface area contributed by atoms with Crippen LogP contribution in [0.3, 0.4) is 0 Å². The zero-order valence-electron chi connectivity index (χ0n) is 12.7. The molecule has 24 heavy (non-hydrogen) atoms. The third-order valence-corrected chi connectivity index (χ3v) is 3.78. The Morgan fingerprint density at radius 1 is 1.67 bits per heavy atom. The zero-order chi connectivity index (χ0) is 17.7. The Morgan fingerprint density at radius 3 is 2.96 bits per heavy atom. The summed E-state index contributed by atoms with van der Waals surface area (Å²) >= 11 is 0. The number of nitrogens with zero attached hydrogens (tertiary/aromatic N) is 5.